The fourth-order valence-corrected chi connectivity index (χ4v) is 5.17. The summed E-state index contributed by atoms with van der Waals surface area (Å²) in [7, 11) is -3.37. The Hall–Kier alpha value is -0.240. The Balaban J connectivity index is 2.08. The van der Waals surface area contributed by atoms with Crippen LogP contribution in [0.1, 0.15) is 22.5 Å². The smallest absolute Gasteiger partial charge is 0.188 e. The first-order chi connectivity index (χ1) is 8.50. The molecule has 2 rings (SSSR count). The van der Waals surface area contributed by atoms with Crippen molar-refractivity contribution >= 4 is 42.9 Å². The van der Waals surface area contributed by atoms with E-state index in [1.807, 2.05) is 0 Å². The summed E-state index contributed by atoms with van der Waals surface area (Å²) in [5.41, 5.74) is 0. The molecular weight excluding hydrogens is 340 g/mol. The molecule has 1 aromatic heterocycles. The second kappa shape index (κ2) is 5.81. The first kappa shape index (κ1) is 14.2. The monoisotopic (exact) mass is 352 g/mol. The van der Waals surface area contributed by atoms with E-state index >= 15 is 0 Å². The summed E-state index contributed by atoms with van der Waals surface area (Å²) in [5, 5.41) is 1.33. The Morgan fingerprint density at radius 1 is 1.44 bits per heavy atom. The van der Waals surface area contributed by atoms with Gasteiger partial charge in [-0.25, -0.2) is 8.42 Å². The Morgan fingerprint density at radius 3 is 2.67 bits per heavy atom. The molecule has 1 aliphatic heterocycles. The molecule has 7 heteroatoms. The molecular formula is C11H13BrO4S2. The van der Waals surface area contributed by atoms with Gasteiger partial charge in [0.25, 0.3) is 0 Å². The molecule has 0 saturated carbocycles. The van der Waals surface area contributed by atoms with Crippen molar-refractivity contribution < 1.29 is 17.9 Å². The quantitative estimate of drug-likeness (QED) is 0.780. The third-order valence-electron chi connectivity index (χ3n) is 2.88. The third kappa shape index (κ3) is 3.20. The molecule has 4 nitrogen and oxygen atoms in total. The van der Waals surface area contributed by atoms with Gasteiger partial charge in [0.1, 0.15) is 5.75 Å². The van der Waals surface area contributed by atoms with Crippen molar-refractivity contribution in [2.75, 3.05) is 19.0 Å². The lowest BCUT2D eigenvalue weighted by molar-refractivity contribution is 0.0972. The van der Waals surface area contributed by atoms with Crippen LogP contribution in [0, 0.1) is 0 Å². The van der Waals surface area contributed by atoms with Gasteiger partial charge in [-0.15, -0.1) is 11.3 Å². The Morgan fingerprint density at radius 2 is 2.11 bits per heavy atom. The van der Waals surface area contributed by atoms with Gasteiger partial charge in [0, 0.05) is 17.7 Å². The number of thiophene rings is 1. The van der Waals surface area contributed by atoms with Crippen LogP contribution in [-0.4, -0.2) is 38.4 Å². The van der Waals surface area contributed by atoms with Gasteiger partial charge >= 0.3 is 0 Å². The first-order valence-corrected chi connectivity index (χ1v) is 8.95. The topological polar surface area (TPSA) is 60.4 Å². The van der Waals surface area contributed by atoms with Crippen molar-refractivity contribution in [1.82, 2.24) is 0 Å². The molecule has 0 bridgehead atoms. The van der Waals surface area contributed by atoms with Crippen LogP contribution in [0.3, 0.4) is 0 Å². The lowest BCUT2D eigenvalue weighted by Crippen LogP contribution is -2.33. The van der Waals surface area contributed by atoms with Gasteiger partial charge in [-0.2, -0.15) is 0 Å². The highest BCUT2D eigenvalue weighted by atomic mass is 79.9. The average molecular weight is 353 g/mol. The Bertz CT molecular complexity index is 529. The SMILES string of the molecule is O=C(CS(=O)(=O)C1CCOCC1)c1sccc1Br. The lowest BCUT2D eigenvalue weighted by atomic mass is 10.2. The van der Waals surface area contributed by atoms with E-state index < -0.39 is 20.8 Å². The van der Waals surface area contributed by atoms with Crippen LogP contribution in [0.25, 0.3) is 0 Å². The maximum atomic E-state index is 12.1. The van der Waals surface area contributed by atoms with Crippen LogP contribution in [0.15, 0.2) is 15.9 Å². The van der Waals surface area contributed by atoms with E-state index in [9.17, 15) is 13.2 Å². The van der Waals surface area contributed by atoms with Crippen molar-refractivity contribution in [1.29, 1.82) is 0 Å². The Kier molecular flexibility index (Phi) is 4.58. The first-order valence-electron chi connectivity index (χ1n) is 5.56. The van der Waals surface area contributed by atoms with Crippen LogP contribution >= 0.6 is 27.3 Å². The lowest BCUT2D eigenvalue weighted by Gasteiger charge is -2.21. The number of hydrogen-bond donors (Lipinski definition) is 0. The molecule has 0 radical (unpaired) electrons. The predicted molar refractivity (Wildman–Crippen MR) is 74.0 cm³/mol. The fraction of sp³-hybridized carbons (Fsp3) is 0.545. The van der Waals surface area contributed by atoms with E-state index in [0.29, 0.717) is 35.4 Å². The van der Waals surface area contributed by atoms with Crippen LogP contribution in [0.2, 0.25) is 0 Å². The van der Waals surface area contributed by atoms with Gasteiger partial charge in [-0.05, 0) is 40.2 Å². The molecule has 0 aliphatic carbocycles. The molecule has 0 N–H and O–H groups in total. The minimum absolute atomic E-state index is 0.330. The fourth-order valence-electron chi connectivity index (χ4n) is 1.89. The van der Waals surface area contributed by atoms with Crippen molar-refractivity contribution in [2.45, 2.75) is 18.1 Å². The number of hydrogen-bond acceptors (Lipinski definition) is 5. The summed E-state index contributed by atoms with van der Waals surface area (Å²) < 4.78 is 30.0. The summed E-state index contributed by atoms with van der Waals surface area (Å²) in [5.74, 6) is -0.736. The van der Waals surface area contributed by atoms with Crippen molar-refractivity contribution in [3.8, 4) is 0 Å². The van der Waals surface area contributed by atoms with Crippen LogP contribution in [0.5, 0.6) is 0 Å². The summed E-state index contributed by atoms with van der Waals surface area (Å²) >= 11 is 4.50. The molecule has 18 heavy (non-hydrogen) atoms. The number of sulfone groups is 1. The molecule has 0 aromatic carbocycles. The minimum atomic E-state index is -3.37. The molecule has 2 heterocycles. The van der Waals surface area contributed by atoms with Gasteiger partial charge < -0.3 is 4.74 Å². The van der Waals surface area contributed by atoms with Crippen LogP contribution in [0.4, 0.5) is 0 Å². The Labute approximate surface area is 118 Å². The largest absolute Gasteiger partial charge is 0.381 e. The summed E-state index contributed by atoms with van der Waals surface area (Å²) in [6.07, 6.45) is 0.975. The van der Waals surface area contributed by atoms with E-state index in [1.54, 1.807) is 11.4 Å². The van der Waals surface area contributed by atoms with Gasteiger partial charge in [0.05, 0.1) is 10.1 Å². The van der Waals surface area contributed by atoms with Gasteiger partial charge in [-0.1, -0.05) is 0 Å². The molecule has 0 amide bonds. The number of rotatable bonds is 4. The van der Waals surface area contributed by atoms with E-state index in [2.05, 4.69) is 15.9 Å². The third-order valence-corrected chi connectivity index (χ3v) is 6.91. The molecule has 0 atom stereocenters. The van der Waals surface area contributed by atoms with Gasteiger partial charge in [0.2, 0.25) is 0 Å². The highest BCUT2D eigenvalue weighted by Gasteiger charge is 2.30. The number of carbonyl (C=O) groups excluding carboxylic acids is 1. The highest BCUT2D eigenvalue weighted by Crippen LogP contribution is 2.25. The predicted octanol–water partition coefficient (Wildman–Crippen LogP) is 2.29. The standard InChI is InChI=1S/C11H13BrO4S2/c12-9-3-6-17-11(9)10(13)7-18(14,15)8-1-4-16-5-2-8/h3,6,8H,1-2,4-5,7H2. The zero-order valence-electron chi connectivity index (χ0n) is 9.60. The number of halogens is 1. The summed E-state index contributed by atoms with van der Waals surface area (Å²) in [6.45, 7) is 0.918. The maximum absolute atomic E-state index is 12.1. The van der Waals surface area contributed by atoms with E-state index in [1.165, 1.54) is 11.3 Å². The van der Waals surface area contributed by atoms with Gasteiger partial charge in [-0.3, -0.25) is 4.79 Å². The molecule has 1 fully saturated rings. The normalized spacial score (nSPS) is 17.8. The van der Waals surface area contributed by atoms with Gasteiger partial charge in [0.15, 0.2) is 15.6 Å². The molecule has 0 spiro atoms. The average Bonchev–Trinajstić information content (AvgIpc) is 2.76. The number of carbonyl (C=O) groups is 1. The number of ether oxygens (including phenoxy) is 1. The minimum Gasteiger partial charge on any atom is -0.381 e. The van der Waals surface area contributed by atoms with Crippen molar-refractivity contribution in [2.24, 2.45) is 0 Å². The highest BCUT2D eigenvalue weighted by molar-refractivity contribution is 9.10. The number of ketones is 1. The molecule has 100 valence electrons. The second-order valence-electron chi connectivity index (χ2n) is 4.14. The summed E-state index contributed by atoms with van der Waals surface area (Å²) in [4.78, 5) is 12.4. The van der Waals surface area contributed by atoms with E-state index in [0.717, 1.165) is 0 Å². The maximum Gasteiger partial charge on any atom is 0.188 e. The van der Waals surface area contributed by atoms with Crippen LogP contribution < -0.4 is 0 Å². The van der Waals surface area contributed by atoms with E-state index in [-0.39, 0.29) is 5.78 Å². The molecule has 0 unspecified atom stereocenters. The van der Waals surface area contributed by atoms with Crippen molar-refractivity contribution in [3.05, 3.63) is 20.8 Å². The van der Waals surface area contributed by atoms with Crippen molar-refractivity contribution in [3.63, 3.8) is 0 Å². The summed E-state index contributed by atoms with van der Waals surface area (Å²) in [6, 6.07) is 1.75. The zero-order chi connectivity index (χ0) is 13.2. The van der Waals surface area contributed by atoms with Crippen LogP contribution in [-0.2, 0) is 14.6 Å². The zero-order valence-corrected chi connectivity index (χ0v) is 12.8. The number of Topliss-reactive ketones (excluding diaryl/α,β-unsaturated/α-hetero) is 1. The molecule has 1 saturated heterocycles. The molecule has 1 aliphatic rings. The molecule has 1 aromatic rings. The van der Waals surface area contributed by atoms with E-state index in [4.69, 9.17) is 4.74 Å². The second-order valence-corrected chi connectivity index (χ2v) is 8.19.